The first-order chi connectivity index (χ1) is 7.79. The van der Waals surface area contributed by atoms with E-state index in [0.717, 1.165) is 30.4 Å². The molecule has 1 aromatic rings. The number of hydrogen-bond donors (Lipinski definition) is 1. The Morgan fingerprint density at radius 1 is 1.50 bits per heavy atom. The van der Waals surface area contributed by atoms with Crippen molar-refractivity contribution in [3.05, 3.63) is 11.6 Å². The van der Waals surface area contributed by atoms with Gasteiger partial charge in [0.2, 0.25) is 0 Å². The van der Waals surface area contributed by atoms with Crippen LogP contribution in [0.3, 0.4) is 0 Å². The van der Waals surface area contributed by atoms with Gasteiger partial charge in [-0.2, -0.15) is 5.10 Å². The Morgan fingerprint density at radius 2 is 2.38 bits per heavy atom. The van der Waals surface area contributed by atoms with E-state index >= 15 is 0 Å². The van der Waals surface area contributed by atoms with Crippen molar-refractivity contribution in [1.82, 2.24) is 20.1 Å². The van der Waals surface area contributed by atoms with Gasteiger partial charge in [-0.25, -0.2) is 4.98 Å². The molecule has 1 unspecified atom stereocenters. The topological polar surface area (TPSA) is 42.7 Å². The predicted molar refractivity (Wildman–Crippen MR) is 64.3 cm³/mol. The van der Waals surface area contributed by atoms with Gasteiger partial charge in [0.05, 0.1) is 0 Å². The van der Waals surface area contributed by atoms with Gasteiger partial charge in [0, 0.05) is 19.9 Å². The minimum Gasteiger partial charge on any atom is -0.316 e. The van der Waals surface area contributed by atoms with Crippen molar-refractivity contribution in [1.29, 1.82) is 0 Å². The normalized spacial score (nSPS) is 21.2. The van der Waals surface area contributed by atoms with Gasteiger partial charge in [-0.05, 0) is 38.3 Å². The smallest absolute Gasteiger partial charge is 0.150 e. The molecule has 0 radical (unpaired) electrons. The van der Waals surface area contributed by atoms with Gasteiger partial charge in [-0.1, -0.05) is 6.92 Å². The molecule has 1 atom stereocenters. The Balaban J connectivity index is 1.83. The van der Waals surface area contributed by atoms with Crippen LogP contribution in [0.2, 0.25) is 0 Å². The average molecular weight is 222 g/mol. The van der Waals surface area contributed by atoms with Gasteiger partial charge < -0.3 is 5.32 Å². The van der Waals surface area contributed by atoms with Crippen molar-refractivity contribution in [2.75, 3.05) is 13.1 Å². The molecule has 90 valence electrons. The fourth-order valence-electron chi connectivity index (χ4n) is 2.39. The van der Waals surface area contributed by atoms with E-state index in [1.807, 2.05) is 11.7 Å². The third-order valence-corrected chi connectivity index (χ3v) is 3.39. The second-order valence-corrected chi connectivity index (χ2v) is 4.67. The van der Waals surface area contributed by atoms with Gasteiger partial charge in [-0.15, -0.1) is 0 Å². The summed E-state index contributed by atoms with van der Waals surface area (Å²) in [4.78, 5) is 4.54. The molecule has 1 aliphatic heterocycles. The maximum Gasteiger partial charge on any atom is 0.150 e. The number of piperidine rings is 1. The van der Waals surface area contributed by atoms with E-state index in [1.165, 1.54) is 32.4 Å². The third-order valence-electron chi connectivity index (χ3n) is 3.39. The molecule has 1 saturated heterocycles. The van der Waals surface area contributed by atoms with Gasteiger partial charge in [-0.3, -0.25) is 4.68 Å². The Bertz CT molecular complexity index is 326. The highest BCUT2D eigenvalue weighted by Crippen LogP contribution is 2.16. The lowest BCUT2D eigenvalue weighted by Gasteiger charge is -2.21. The van der Waals surface area contributed by atoms with E-state index in [0.29, 0.717) is 0 Å². The Labute approximate surface area is 97.5 Å². The summed E-state index contributed by atoms with van der Waals surface area (Å²) in [5, 5.41) is 7.90. The summed E-state index contributed by atoms with van der Waals surface area (Å²) < 4.78 is 1.91. The number of nitrogens with zero attached hydrogens (tertiary/aromatic N) is 3. The Morgan fingerprint density at radius 3 is 3.00 bits per heavy atom. The summed E-state index contributed by atoms with van der Waals surface area (Å²) in [6.45, 7) is 4.49. The van der Waals surface area contributed by atoms with Crippen LogP contribution < -0.4 is 5.32 Å². The van der Waals surface area contributed by atoms with Crippen LogP contribution in [0.4, 0.5) is 0 Å². The van der Waals surface area contributed by atoms with Crippen molar-refractivity contribution >= 4 is 0 Å². The molecular weight excluding hydrogens is 200 g/mol. The number of hydrogen-bond acceptors (Lipinski definition) is 3. The van der Waals surface area contributed by atoms with E-state index in [-0.39, 0.29) is 0 Å². The fraction of sp³-hybridized carbons (Fsp3) is 0.833. The molecule has 1 N–H and O–H groups in total. The average Bonchev–Trinajstić information content (AvgIpc) is 2.69. The van der Waals surface area contributed by atoms with Crippen LogP contribution in [-0.4, -0.2) is 27.9 Å². The number of nitrogens with one attached hydrogen (secondary N) is 1. The number of rotatable bonds is 4. The van der Waals surface area contributed by atoms with Crippen LogP contribution in [0, 0.1) is 5.92 Å². The summed E-state index contributed by atoms with van der Waals surface area (Å²) in [5.74, 6) is 2.93. The molecule has 4 heteroatoms. The fourth-order valence-corrected chi connectivity index (χ4v) is 2.39. The highest BCUT2D eigenvalue weighted by Gasteiger charge is 2.14. The molecule has 0 spiro atoms. The van der Waals surface area contributed by atoms with Crippen LogP contribution in [-0.2, 0) is 19.9 Å². The number of aromatic nitrogens is 3. The first kappa shape index (κ1) is 11.6. The Kier molecular flexibility index (Phi) is 3.93. The first-order valence-corrected chi connectivity index (χ1v) is 6.39. The lowest BCUT2D eigenvalue weighted by atomic mass is 9.95. The van der Waals surface area contributed by atoms with Gasteiger partial charge in [0.25, 0.3) is 0 Å². The predicted octanol–water partition coefficient (Wildman–Crippen LogP) is 1.31. The van der Waals surface area contributed by atoms with Gasteiger partial charge in [0.1, 0.15) is 5.82 Å². The molecule has 2 heterocycles. The summed E-state index contributed by atoms with van der Waals surface area (Å²) in [6.07, 6.45) is 5.90. The van der Waals surface area contributed by atoms with E-state index in [9.17, 15) is 0 Å². The summed E-state index contributed by atoms with van der Waals surface area (Å²) in [5.41, 5.74) is 0. The van der Waals surface area contributed by atoms with Crippen molar-refractivity contribution in [2.45, 2.75) is 39.0 Å². The van der Waals surface area contributed by atoms with E-state index in [4.69, 9.17) is 0 Å². The molecule has 1 fully saturated rings. The molecule has 2 rings (SSSR count). The van der Waals surface area contributed by atoms with E-state index in [2.05, 4.69) is 22.3 Å². The molecule has 0 saturated carbocycles. The zero-order valence-electron chi connectivity index (χ0n) is 10.4. The van der Waals surface area contributed by atoms with Crippen molar-refractivity contribution in [2.24, 2.45) is 13.0 Å². The molecular formula is C12H22N4. The SMILES string of the molecule is CCc1nc(CCC2CCCNC2)nn1C. The van der Waals surface area contributed by atoms with Crippen molar-refractivity contribution in [3.63, 3.8) is 0 Å². The molecule has 0 amide bonds. The standard InChI is InChI=1S/C12H22N4/c1-3-12-14-11(15-16(12)2)7-6-10-5-4-8-13-9-10/h10,13H,3-9H2,1-2H3. The zero-order chi connectivity index (χ0) is 11.4. The summed E-state index contributed by atoms with van der Waals surface area (Å²) >= 11 is 0. The summed E-state index contributed by atoms with van der Waals surface area (Å²) in [7, 11) is 1.98. The molecule has 0 bridgehead atoms. The minimum atomic E-state index is 0.822. The van der Waals surface area contributed by atoms with Crippen LogP contribution in [0.5, 0.6) is 0 Å². The van der Waals surface area contributed by atoms with Crippen LogP contribution in [0.15, 0.2) is 0 Å². The molecule has 1 aliphatic rings. The Hall–Kier alpha value is -0.900. The largest absolute Gasteiger partial charge is 0.316 e. The minimum absolute atomic E-state index is 0.822. The lowest BCUT2D eigenvalue weighted by Crippen LogP contribution is -2.30. The summed E-state index contributed by atoms with van der Waals surface area (Å²) in [6, 6.07) is 0. The van der Waals surface area contributed by atoms with Crippen LogP contribution in [0.25, 0.3) is 0 Å². The van der Waals surface area contributed by atoms with Gasteiger partial charge >= 0.3 is 0 Å². The molecule has 4 nitrogen and oxygen atoms in total. The highest BCUT2D eigenvalue weighted by molar-refractivity contribution is 4.93. The van der Waals surface area contributed by atoms with E-state index in [1.54, 1.807) is 0 Å². The quantitative estimate of drug-likeness (QED) is 0.835. The monoisotopic (exact) mass is 222 g/mol. The molecule has 0 aromatic carbocycles. The van der Waals surface area contributed by atoms with Crippen molar-refractivity contribution in [3.8, 4) is 0 Å². The molecule has 0 aliphatic carbocycles. The van der Waals surface area contributed by atoms with Crippen LogP contribution >= 0.6 is 0 Å². The highest BCUT2D eigenvalue weighted by atomic mass is 15.3. The first-order valence-electron chi connectivity index (χ1n) is 6.39. The molecule has 1 aromatic heterocycles. The van der Waals surface area contributed by atoms with E-state index < -0.39 is 0 Å². The van der Waals surface area contributed by atoms with Gasteiger partial charge in [0.15, 0.2) is 5.82 Å². The third kappa shape index (κ3) is 2.82. The van der Waals surface area contributed by atoms with Crippen molar-refractivity contribution < 1.29 is 0 Å². The molecule has 16 heavy (non-hydrogen) atoms. The number of aryl methyl sites for hydroxylation is 3. The maximum absolute atomic E-state index is 4.54. The lowest BCUT2D eigenvalue weighted by molar-refractivity contribution is 0.356. The second-order valence-electron chi connectivity index (χ2n) is 4.67. The maximum atomic E-state index is 4.54. The zero-order valence-corrected chi connectivity index (χ0v) is 10.4. The van der Waals surface area contributed by atoms with Crippen LogP contribution in [0.1, 0.15) is 37.8 Å². The second kappa shape index (κ2) is 5.43.